The summed E-state index contributed by atoms with van der Waals surface area (Å²) in [6.45, 7) is 4.51. The monoisotopic (exact) mass is 487 g/mol. The number of amides is 1. The van der Waals surface area contributed by atoms with Crippen molar-refractivity contribution in [1.29, 1.82) is 0 Å². The highest BCUT2D eigenvalue weighted by molar-refractivity contribution is 7.98. The summed E-state index contributed by atoms with van der Waals surface area (Å²) in [5, 5.41) is 4.45. The topological polar surface area (TPSA) is 108 Å². The van der Waals surface area contributed by atoms with Crippen molar-refractivity contribution >= 4 is 34.8 Å². The number of benzene rings is 1. The lowest BCUT2D eigenvalue weighted by Gasteiger charge is -2.38. The number of ether oxygens (including phenoxy) is 1. The molecule has 2 aromatic rings. The molecule has 13 heteroatoms. The second-order valence-corrected chi connectivity index (χ2v) is 8.77. The SMILES string of the molecule is CC(=O)NCC(C)Oc1cc(N(N2CCC2)S(=O)O)nc(SCc2cccc(F)c2F)n1. The van der Waals surface area contributed by atoms with Gasteiger partial charge in [-0.25, -0.2) is 23.0 Å². The molecular formula is C19H23F2N5O4S2. The van der Waals surface area contributed by atoms with Gasteiger partial charge >= 0.3 is 0 Å². The standard InChI is InChI=1S/C19H23F2N5O4S2/c1-12(10-22-13(2)27)30-17-9-16(26(32(28)29)25-7-4-8-25)23-19(24-17)31-11-14-5-3-6-15(20)18(14)21/h3,5-6,9,12H,4,7-8,10-11H2,1-2H3,(H,22,27)(H,28,29). The van der Waals surface area contributed by atoms with E-state index in [0.717, 1.165) is 28.7 Å². The smallest absolute Gasteiger partial charge is 0.278 e. The van der Waals surface area contributed by atoms with Gasteiger partial charge in [-0.2, -0.15) is 9.40 Å². The third-order valence-corrected chi connectivity index (χ3v) is 6.06. The third kappa shape index (κ3) is 6.34. The van der Waals surface area contributed by atoms with Crippen LogP contribution in [0.3, 0.4) is 0 Å². The van der Waals surface area contributed by atoms with Crippen LogP contribution >= 0.6 is 11.8 Å². The van der Waals surface area contributed by atoms with Crippen molar-refractivity contribution in [2.24, 2.45) is 0 Å². The molecule has 0 spiro atoms. The Morgan fingerprint density at radius 3 is 2.78 bits per heavy atom. The Kier molecular flexibility index (Phi) is 8.34. The van der Waals surface area contributed by atoms with E-state index in [-0.39, 0.29) is 40.6 Å². The van der Waals surface area contributed by atoms with Crippen LogP contribution in [0.25, 0.3) is 0 Å². The summed E-state index contributed by atoms with van der Waals surface area (Å²) in [4.78, 5) is 19.7. The number of carbonyl (C=O) groups is 1. The van der Waals surface area contributed by atoms with Gasteiger partial charge in [-0.1, -0.05) is 23.9 Å². The van der Waals surface area contributed by atoms with Gasteiger partial charge in [-0.3, -0.25) is 9.35 Å². The Hall–Kier alpha value is -2.35. The fourth-order valence-electron chi connectivity index (χ4n) is 2.76. The quantitative estimate of drug-likeness (QED) is 0.299. The lowest BCUT2D eigenvalue weighted by atomic mass is 10.2. The van der Waals surface area contributed by atoms with Crippen LogP contribution in [0.5, 0.6) is 5.88 Å². The predicted molar refractivity (Wildman–Crippen MR) is 116 cm³/mol. The summed E-state index contributed by atoms with van der Waals surface area (Å²) in [6, 6.07) is 5.32. The van der Waals surface area contributed by atoms with Crippen molar-refractivity contribution in [1.82, 2.24) is 20.3 Å². The molecule has 2 atom stereocenters. The fourth-order valence-corrected chi connectivity index (χ4v) is 4.19. The number of nitrogens with zero attached hydrogens (tertiary/aromatic N) is 4. The van der Waals surface area contributed by atoms with Crippen molar-refractivity contribution in [3.05, 3.63) is 41.5 Å². The van der Waals surface area contributed by atoms with Crippen LogP contribution in [-0.4, -0.2) is 55.4 Å². The van der Waals surface area contributed by atoms with Crippen molar-refractivity contribution in [3.63, 3.8) is 0 Å². The largest absolute Gasteiger partial charge is 0.473 e. The average Bonchev–Trinajstić information content (AvgIpc) is 2.69. The first-order valence-corrected chi connectivity index (χ1v) is 11.8. The number of halogens is 2. The van der Waals surface area contributed by atoms with E-state index >= 15 is 0 Å². The minimum absolute atomic E-state index is 0.0415. The van der Waals surface area contributed by atoms with Crippen molar-refractivity contribution in [3.8, 4) is 5.88 Å². The summed E-state index contributed by atoms with van der Waals surface area (Å²) in [5.74, 6) is -1.82. The number of hydrogen-bond donors (Lipinski definition) is 2. The van der Waals surface area contributed by atoms with E-state index in [2.05, 4.69) is 15.3 Å². The van der Waals surface area contributed by atoms with Gasteiger partial charge in [0.15, 0.2) is 22.6 Å². The van der Waals surface area contributed by atoms with Gasteiger partial charge in [0.1, 0.15) is 6.10 Å². The van der Waals surface area contributed by atoms with Gasteiger partial charge in [-0.15, -0.1) is 0 Å². The highest BCUT2D eigenvalue weighted by Gasteiger charge is 2.29. The molecule has 0 aliphatic carbocycles. The molecule has 1 amide bonds. The van der Waals surface area contributed by atoms with E-state index in [1.54, 1.807) is 11.9 Å². The Balaban J connectivity index is 1.86. The van der Waals surface area contributed by atoms with Crippen LogP contribution in [0.4, 0.5) is 14.6 Å². The maximum Gasteiger partial charge on any atom is 0.278 e. The number of nitrogens with one attached hydrogen (secondary N) is 1. The highest BCUT2D eigenvalue weighted by atomic mass is 32.2. The molecular weight excluding hydrogens is 464 g/mol. The van der Waals surface area contributed by atoms with Gasteiger partial charge in [-0.05, 0) is 19.4 Å². The van der Waals surface area contributed by atoms with E-state index in [0.29, 0.717) is 13.1 Å². The predicted octanol–water partition coefficient (Wildman–Crippen LogP) is 2.51. The molecule has 0 radical (unpaired) electrons. The molecule has 2 heterocycles. The zero-order chi connectivity index (χ0) is 23.3. The number of thioether (sulfide) groups is 1. The van der Waals surface area contributed by atoms with E-state index in [1.165, 1.54) is 25.1 Å². The Bertz CT molecular complexity index is 996. The molecule has 1 aliphatic heterocycles. The van der Waals surface area contributed by atoms with Crippen molar-refractivity contribution < 1.29 is 27.1 Å². The summed E-state index contributed by atoms with van der Waals surface area (Å²) < 4.78 is 56.2. The number of anilines is 1. The van der Waals surface area contributed by atoms with E-state index in [1.807, 2.05) is 0 Å². The minimum Gasteiger partial charge on any atom is -0.473 e. The maximum atomic E-state index is 14.0. The second kappa shape index (κ2) is 11.0. The molecule has 0 saturated carbocycles. The molecule has 0 bridgehead atoms. The Morgan fingerprint density at radius 1 is 1.41 bits per heavy atom. The second-order valence-electron chi connectivity index (χ2n) is 7.03. The number of rotatable bonds is 10. The molecule has 2 unspecified atom stereocenters. The maximum absolute atomic E-state index is 14.0. The third-order valence-electron chi connectivity index (χ3n) is 4.45. The van der Waals surface area contributed by atoms with Crippen LogP contribution in [0.15, 0.2) is 29.4 Å². The molecule has 174 valence electrons. The van der Waals surface area contributed by atoms with Crippen LogP contribution in [0.1, 0.15) is 25.8 Å². The number of carbonyl (C=O) groups excluding carboxylic acids is 1. The lowest BCUT2D eigenvalue weighted by Crippen LogP contribution is -2.51. The molecule has 3 rings (SSSR count). The Labute approximate surface area is 190 Å². The lowest BCUT2D eigenvalue weighted by molar-refractivity contribution is -0.119. The molecule has 2 N–H and O–H groups in total. The van der Waals surface area contributed by atoms with E-state index < -0.39 is 29.0 Å². The van der Waals surface area contributed by atoms with Crippen LogP contribution in [0, 0.1) is 11.6 Å². The zero-order valence-corrected chi connectivity index (χ0v) is 19.1. The van der Waals surface area contributed by atoms with E-state index in [4.69, 9.17) is 4.74 Å². The normalized spacial score (nSPS) is 15.5. The molecule has 1 aromatic heterocycles. The summed E-state index contributed by atoms with van der Waals surface area (Å²) in [5.41, 5.74) is 0.135. The van der Waals surface area contributed by atoms with E-state index in [9.17, 15) is 22.3 Å². The van der Waals surface area contributed by atoms with Crippen LogP contribution in [-0.2, 0) is 21.8 Å². The first-order valence-electron chi connectivity index (χ1n) is 9.76. The van der Waals surface area contributed by atoms with Gasteiger partial charge in [0.25, 0.3) is 11.3 Å². The van der Waals surface area contributed by atoms with Gasteiger partial charge in [0.05, 0.1) is 6.54 Å². The minimum atomic E-state index is -2.38. The first-order chi connectivity index (χ1) is 15.2. The Morgan fingerprint density at radius 2 is 2.16 bits per heavy atom. The first kappa shape index (κ1) is 24.3. The molecule has 1 aliphatic rings. The number of hydrazine groups is 1. The molecule has 1 aromatic carbocycles. The summed E-state index contributed by atoms with van der Waals surface area (Å²) in [6.07, 6.45) is 0.424. The van der Waals surface area contributed by atoms with Crippen LogP contribution in [0.2, 0.25) is 0 Å². The molecule has 1 saturated heterocycles. The number of aromatic nitrogens is 2. The zero-order valence-electron chi connectivity index (χ0n) is 17.5. The number of hydrogen-bond acceptors (Lipinski definition) is 7. The average molecular weight is 488 g/mol. The molecule has 32 heavy (non-hydrogen) atoms. The van der Waals surface area contributed by atoms with Gasteiger partial charge in [0, 0.05) is 37.4 Å². The highest BCUT2D eigenvalue weighted by Crippen LogP contribution is 2.29. The van der Waals surface area contributed by atoms with Gasteiger partial charge < -0.3 is 10.1 Å². The molecule has 1 fully saturated rings. The summed E-state index contributed by atoms with van der Waals surface area (Å²) in [7, 11) is 0. The van der Waals surface area contributed by atoms with Crippen molar-refractivity contribution in [2.75, 3.05) is 24.0 Å². The molecule has 9 nitrogen and oxygen atoms in total. The van der Waals surface area contributed by atoms with Gasteiger partial charge in [0.2, 0.25) is 11.8 Å². The van der Waals surface area contributed by atoms with Crippen molar-refractivity contribution in [2.45, 2.75) is 37.3 Å². The summed E-state index contributed by atoms with van der Waals surface area (Å²) >= 11 is -1.35. The fraction of sp³-hybridized carbons (Fsp3) is 0.421. The van der Waals surface area contributed by atoms with Crippen LogP contribution < -0.4 is 14.5 Å².